The number of ether oxygens (including phenoxy) is 2. The molecule has 0 unspecified atom stereocenters. The molecule has 5 nitrogen and oxygen atoms in total. The topological polar surface area (TPSA) is 69.7 Å². The van der Waals surface area contributed by atoms with Crippen molar-refractivity contribution in [1.82, 2.24) is 0 Å². The van der Waals surface area contributed by atoms with Crippen LogP contribution in [0.1, 0.15) is 0 Å². The fraction of sp³-hybridized carbons (Fsp3) is 0.500. The Morgan fingerprint density at radius 1 is 0.923 bits per heavy atom. The van der Waals surface area contributed by atoms with Crippen molar-refractivity contribution < 1.29 is 23.9 Å². The molecule has 0 saturated carbocycles. The molecule has 0 heterocycles. The number of hydrogen-bond acceptors (Lipinski definition) is 5. The Balaban J connectivity index is 3.41. The highest BCUT2D eigenvalue weighted by Gasteiger charge is 2.06. The molecule has 7 heteroatoms. The second-order valence-corrected chi connectivity index (χ2v) is 2.71. The van der Waals surface area contributed by atoms with Gasteiger partial charge in [0.2, 0.25) is 5.24 Å². The van der Waals surface area contributed by atoms with E-state index in [1.165, 1.54) is 0 Å². The minimum atomic E-state index is -0.790. The van der Waals surface area contributed by atoms with E-state index in [0.717, 1.165) is 0 Å². The Labute approximate surface area is 83.9 Å². The van der Waals surface area contributed by atoms with Crippen LogP contribution in [-0.4, -0.2) is 36.3 Å². The van der Waals surface area contributed by atoms with E-state index in [1.807, 2.05) is 0 Å². The highest BCUT2D eigenvalue weighted by Crippen LogP contribution is 1.87. The third-order valence-corrected chi connectivity index (χ3v) is 1.00. The van der Waals surface area contributed by atoms with Crippen molar-refractivity contribution in [3.63, 3.8) is 0 Å². The van der Waals surface area contributed by atoms with Crippen LogP contribution in [0.3, 0.4) is 0 Å². The lowest BCUT2D eigenvalue weighted by molar-refractivity contribution is -0.151. The van der Waals surface area contributed by atoms with Crippen LogP contribution in [0.15, 0.2) is 0 Å². The minimum Gasteiger partial charge on any atom is -0.455 e. The third kappa shape index (κ3) is 9.26. The SMILES string of the molecule is O=C(Cl)COCC(=O)OCC(=O)Cl. The molecule has 0 aromatic rings. The van der Waals surface area contributed by atoms with Crippen molar-refractivity contribution in [3.8, 4) is 0 Å². The fourth-order valence-electron chi connectivity index (χ4n) is 0.394. The van der Waals surface area contributed by atoms with Gasteiger partial charge in [0.25, 0.3) is 5.24 Å². The van der Waals surface area contributed by atoms with E-state index in [4.69, 9.17) is 23.2 Å². The van der Waals surface area contributed by atoms with Crippen molar-refractivity contribution in [2.45, 2.75) is 0 Å². The molecule has 0 bridgehead atoms. The highest BCUT2D eigenvalue weighted by atomic mass is 35.5. The summed E-state index contributed by atoms with van der Waals surface area (Å²) in [5.41, 5.74) is 0. The van der Waals surface area contributed by atoms with Gasteiger partial charge in [0.1, 0.15) is 13.2 Å². The van der Waals surface area contributed by atoms with Crippen LogP contribution in [0.2, 0.25) is 0 Å². The Hall–Kier alpha value is -0.650. The monoisotopic (exact) mass is 228 g/mol. The van der Waals surface area contributed by atoms with Gasteiger partial charge in [-0.15, -0.1) is 0 Å². The molecular weight excluding hydrogens is 223 g/mol. The standard InChI is InChI=1S/C6H6Cl2O5/c7-4(9)1-12-3-6(11)13-2-5(8)10/h1-3H2. The lowest BCUT2D eigenvalue weighted by Crippen LogP contribution is -2.17. The molecule has 74 valence electrons. The largest absolute Gasteiger partial charge is 0.455 e. The summed E-state index contributed by atoms with van der Waals surface area (Å²) < 4.78 is 8.76. The summed E-state index contributed by atoms with van der Waals surface area (Å²) >= 11 is 9.77. The van der Waals surface area contributed by atoms with Gasteiger partial charge >= 0.3 is 5.97 Å². The summed E-state index contributed by atoms with van der Waals surface area (Å²) in [6.07, 6.45) is 0. The molecule has 0 aromatic carbocycles. The smallest absolute Gasteiger partial charge is 0.332 e. The van der Waals surface area contributed by atoms with E-state index in [2.05, 4.69) is 9.47 Å². The number of hydrogen-bond donors (Lipinski definition) is 0. The number of halogens is 2. The quantitative estimate of drug-likeness (QED) is 0.476. The minimum absolute atomic E-state index is 0.383. The zero-order valence-corrected chi connectivity index (χ0v) is 7.93. The van der Waals surface area contributed by atoms with Gasteiger partial charge in [0.05, 0.1) is 0 Å². The number of carbonyl (C=O) groups excluding carboxylic acids is 3. The predicted molar refractivity (Wildman–Crippen MR) is 43.5 cm³/mol. The van der Waals surface area contributed by atoms with E-state index in [-0.39, 0.29) is 6.61 Å². The first kappa shape index (κ1) is 12.3. The predicted octanol–water partition coefficient (Wildman–Crippen LogP) is 0.0770. The van der Waals surface area contributed by atoms with Crippen molar-refractivity contribution >= 4 is 39.7 Å². The molecule has 0 rings (SSSR count). The van der Waals surface area contributed by atoms with Gasteiger partial charge in [-0.1, -0.05) is 0 Å². The molecule has 0 N–H and O–H groups in total. The zero-order chi connectivity index (χ0) is 10.3. The van der Waals surface area contributed by atoms with Crippen LogP contribution in [-0.2, 0) is 23.9 Å². The van der Waals surface area contributed by atoms with E-state index < -0.39 is 29.7 Å². The van der Waals surface area contributed by atoms with Crippen molar-refractivity contribution in [3.05, 3.63) is 0 Å². The molecule has 0 amide bonds. The average Bonchev–Trinajstić information content (AvgIpc) is 2.00. The average molecular weight is 229 g/mol. The molecule has 0 aliphatic carbocycles. The summed E-state index contributed by atoms with van der Waals surface area (Å²) in [7, 11) is 0. The van der Waals surface area contributed by atoms with Crippen LogP contribution in [0.25, 0.3) is 0 Å². The van der Waals surface area contributed by atoms with Crippen LogP contribution in [0.5, 0.6) is 0 Å². The Morgan fingerprint density at radius 2 is 1.46 bits per heavy atom. The molecule has 0 spiro atoms. The van der Waals surface area contributed by atoms with Crippen molar-refractivity contribution in [1.29, 1.82) is 0 Å². The van der Waals surface area contributed by atoms with Gasteiger partial charge in [-0.25, -0.2) is 4.79 Å². The fourth-order valence-corrected chi connectivity index (χ4v) is 0.525. The molecule has 0 atom stereocenters. The Kier molecular flexibility index (Phi) is 6.48. The van der Waals surface area contributed by atoms with E-state index in [1.54, 1.807) is 0 Å². The van der Waals surface area contributed by atoms with Gasteiger partial charge in [0, 0.05) is 0 Å². The zero-order valence-electron chi connectivity index (χ0n) is 6.42. The first-order chi connectivity index (χ1) is 6.02. The second-order valence-electron chi connectivity index (χ2n) is 1.86. The van der Waals surface area contributed by atoms with Gasteiger partial charge < -0.3 is 9.47 Å². The molecule has 13 heavy (non-hydrogen) atoms. The summed E-state index contributed by atoms with van der Waals surface area (Å²) in [6.45, 7) is -1.34. The highest BCUT2D eigenvalue weighted by molar-refractivity contribution is 6.64. The maximum atomic E-state index is 10.6. The Bertz CT molecular complexity index is 215. The summed E-state index contributed by atoms with van der Waals surface area (Å²) in [5.74, 6) is -0.785. The maximum absolute atomic E-state index is 10.6. The lowest BCUT2D eigenvalue weighted by Gasteiger charge is -2.00. The molecule has 0 aliphatic heterocycles. The maximum Gasteiger partial charge on any atom is 0.332 e. The first-order valence-electron chi connectivity index (χ1n) is 3.12. The van der Waals surface area contributed by atoms with Gasteiger partial charge in [-0.3, -0.25) is 9.59 Å². The Morgan fingerprint density at radius 3 is 1.92 bits per heavy atom. The third-order valence-electron chi connectivity index (χ3n) is 0.782. The number of esters is 1. The summed E-state index contributed by atoms with van der Waals surface area (Å²) in [6, 6.07) is 0. The van der Waals surface area contributed by atoms with Crippen LogP contribution in [0.4, 0.5) is 0 Å². The van der Waals surface area contributed by atoms with Crippen molar-refractivity contribution in [2.75, 3.05) is 19.8 Å². The molecule has 0 saturated heterocycles. The van der Waals surface area contributed by atoms with Gasteiger partial charge in [0.15, 0.2) is 6.61 Å². The van der Waals surface area contributed by atoms with Gasteiger partial charge in [-0.2, -0.15) is 0 Å². The summed E-state index contributed by atoms with van der Waals surface area (Å²) in [4.78, 5) is 30.8. The van der Waals surface area contributed by atoms with Crippen LogP contribution < -0.4 is 0 Å². The molecule has 0 fully saturated rings. The normalized spacial score (nSPS) is 9.38. The molecule has 0 radical (unpaired) electrons. The molecule has 0 aliphatic rings. The summed E-state index contributed by atoms with van der Waals surface area (Å²) in [5, 5.41) is -1.51. The number of rotatable bonds is 6. The molecule has 0 aromatic heterocycles. The van der Waals surface area contributed by atoms with Gasteiger partial charge in [-0.05, 0) is 23.2 Å². The van der Waals surface area contributed by atoms with E-state index >= 15 is 0 Å². The van der Waals surface area contributed by atoms with Crippen LogP contribution in [0, 0.1) is 0 Å². The first-order valence-corrected chi connectivity index (χ1v) is 3.88. The van der Waals surface area contributed by atoms with E-state index in [9.17, 15) is 14.4 Å². The molecular formula is C6H6Cl2O5. The second kappa shape index (κ2) is 6.82. The van der Waals surface area contributed by atoms with E-state index in [0.29, 0.717) is 0 Å². The number of carbonyl (C=O) groups is 3. The van der Waals surface area contributed by atoms with Crippen LogP contribution >= 0.6 is 23.2 Å². The lowest BCUT2D eigenvalue weighted by atomic mass is 10.7. The van der Waals surface area contributed by atoms with Crippen molar-refractivity contribution in [2.24, 2.45) is 0 Å².